The first-order chi connectivity index (χ1) is 38.7. The molecule has 10 nitrogen and oxygen atoms in total. The van der Waals surface area contributed by atoms with Gasteiger partial charge in [0.1, 0.15) is 72.1 Å². The van der Waals surface area contributed by atoms with Gasteiger partial charge < -0.3 is 38.6 Å². The molecule has 1 aliphatic rings. The smallest absolute Gasteiger partial charge is 0.341 e. The van der Waals surface area contributed by atoms with Gasteiger partial charge >= 0.3 is 11.9 Å². The van der Waals surface area contributed by atoms with Crippen molar-refractivity contribution in [2.24, 2.45) is 0 Å². The van der Waals surface area contributed by atoms with E-state index in [2.05, 4.69) is 132 Å². The number of ether oxygens (including phenoxy) is 6. The summed E-state index contributed by atoms with van der Waals surface area (Å²) < 4.78 is 37.2. The Morgan fingerprint density at radius 3 is 0.866 bits per heavy atom. The molecule has 0 amide bonds. The largest absolute Gasteiger partial charge is 0.507 e. The molecule has 8 aromatic carbocycles. The Bertz CT molecular complexity index is 3380. The fourth-order valence-electron chi connectivity index (χ4n) is 10.8. The van der Waals surface area contributed by atoms with E-state index in [0.717, 1.165) is 88.3 Å². The van der Waals surface area contributed by atoms with Gasteiger partial charge in [-0.1, -0.05) is 180 Å². The summed E-state index contributed by atoms with van der Waals surface area (Å²) in [6.07, 6.45) is 1.29. The quantitative estimate of drug-likeness (QED) is 0.0901. The summed E-state index contributed by atoms with van der Waals surface area (Å²) in [6.45, 7) is 26.7. The van der Waals surface area contributed by atoms with Crippen LogP contribution in [0.4, 0.5) is 0 Å². The summed E-state index contributed by atoms with van der Waals surface area (Å²) in [7, 11) is 2.72. The summed E-state index contributed by atoms with van der Waals surface area (Å²) in [5.41, 5.74) is 10.2. The maximum atomic E-state index is 13.1. The molecule has 8 bridgehead atoms. The Hall–Kier alpha value is -7.98. The van der Waals surface area contributed by atoms with Crippen LogP contribution in [-0.2, 0) is 56.8 Å². The van der Waals surface area contributed by atoms with Crippen molar-refractivity contribution in [2.45, 2.75) is 130 Å². The average molecular weight is 1110 g/mol. The highest BCUT2D eigenvalue weighted by Gasteiger charge is 2.29. The van der Waals surface area contributed by atoms with Crippen LogP contribution in [-0.4, -0.2) is 62.8 Å². The van der Waals surface area contributed by atoms with Gasteiger partial charge in [0.15, 0.2) is 0 Å². The van der Waals surface area contributed by atoms with Gasteiger partial charge in [-0.2, -0.15) is 0 Å². The molecule has 10 heteroatoms. The van der Waals surface area contributed by atoms with Crippen molar-refractivity contribution in [1.82, 2.24) is 0 Å². The molecule has 0 atom stereocenters. The molecule has 0 radical (unpaired) electrons. The van der Waals surface area contributed by atoms with Gasteiger partial charge in [0, 0.05) is 25.7 Å². The van der Waals surface area contributed by atoms with Crippen LogP contribution in [0.3, 0.4) is 0 Å². The molecule has 0 aromatic heterocycles. The maximum absolute atomic E-state index is 13.1. The molecule has 0 heterocycles. The van der Waals surface area contributed by atoms with Crippen molar-refractivity contribution in [3.63, 3.8) is 0 Å². The number of phenols is 2. The Balaban J connectivity index is 1.19. The second-order valence-corrected chi connectivity index (χ2v) is 26.0. The van der Waals surface area contributed by atoms with Crippen molar-refractivity contribution < 1.29 is 48.2 Å². The highest BCUT2D eigenvalue weighted by molar-refractivity contribution is 5.99. The summed E-state index contributed by atoms with van der Waals surface area (Å²) >= 11 is 0. The normalized spacial score (nSPS) is 13.0. The summed E-state index contributed by atoms with van der Waals surface area (Å²) in [5, 5.41) is 29.4. The maximum Gasteiger partial charge on any atom is 0.341 e. The first-order valence-electron chi connectivity index (χ1n) is 28.5. The molecule has 0 saturated heterocycles. The molecular formula is C72H80O10. The van der Waals surface area contributed by atoms with Crippen molar-refractivity contribution in [3.8, 4) is 34.5 Å². The Labute approximate surface area is 484 Å². The van der Waals surface area contributed by atoms with E-state index in [1.165, 1.54) is 14.2 Å². The zero-order valence-electron chi connectivity index (χ0n) is 50.4. The van der Waals surface area contributed by atoms with Crippen molar-refractivity contribution >= 4 is 33.5 Å². The minimum atomic E-state index is -0.498. The molecule has 1 aliphatic carbocycles. The van der Waals surface area contributed by atoms with Gasteiger partial charge in [-0.25, -0.2) is 9.59 Å². The fraction of sp³-hybridized carbons (Fsp3) is 0.361. The average Bonchev–Trinajstić information content (AvgIpc) is 3.51. The molecule has 8 aromatic rings. The van der Waals surface area contributed by atoms with E-state index in [4.69, 9.17) is 28.4 Å². The van der Waals surface area contributed by atoms with E-state index < -0.39 is 11.9 Å². The van der Waals surface area contributed by atoms with E-state index in [0.29, 0.717) is 59.8 Å². The van der Waals surface area contributed by atoms with Crippen molar-refractivity contribution in [1.29, 1.82) is 0 Å². The lowest BCUT2D eigenvalue weighted by Gasteiger charge is -2.28. The monoisotopic (exact) mass is 1100 g/mol. The van der Waals surface area contributed by atoms with Gasteiger partial charge in [0.25, 0.3) is 0 Å². The number of methoxy groups -OCH3 is 2. The number of esters is 2. The van der Waals surface area contributed by atoms with E-state index in [1.807, 2.05) is 60.7 Å². The predicted octanol–water partition coefficient (Wildman–Crippen LogP) is 15.8. The number of fused-ring (bicyclic) bond motifs is 10. The topological polar surface area (TPSA) is 130 Å². The second-order valence-electron chi connectivity index (χ2n) is 26.0. The first-order valence-corrected chi connectivity index (χ1v) is 28.5. The minimum absolute atomic E-state index is 0.106. The lowest BCUT2D eigenvalue weighted by Crippen LogP contribution is -2.18. The summed E-state index contributed by atoms with van der Waals surface area (Å²) in [6, 6.07) is 40.2. The van der Waals surface area contributed by atoms with Gasteiger partial charge in [-0.3, -0.25) is 0 Å². The molecular weight excluding hydrogens is 1020 g/mol. The Kier molecular flexibility index (Phi) is 16.5. The zero-order chi connectivity index (χ0) is 59.1. The zero-order valence-corrected chi connectivity index (χ0v) is 50.4. The van der Waals surface area contributed by atoms with E-state index in [9.17, 15) is 19.8 Å². The highest BCUT2D eigenvalue weighted by Crippen LogP contribution is 2.44. The van der Waals surface area contributed by atoms with E-state index in [-0.39, 0.29) is 59.6 Å². The van der Waals surface area contributed by atoms with Crippen LogP contribution in [0.1, 0.15) is 171 Å². The lowest BCUT2D eigenvalue weighted by molar-refractivity contribution is 0.0586. The predicted molar refractivity (Wildman–Crippen MR) is 328 cm³/mol. The van der Waals surface area contributed by atoms with Gasteiger partial charge in [-0.15, -0.1) is 0 Å². The molecule has 0 fully saturated rings. The van der Waals surface area contributed by atoms with Crippen molar-refractivity contribution in [3.05, 3.63) is 199 Å². The van der Waals surface area contributed by atoms with Crippen LogP contribution < -0.4 is 18.9 Å². The Morgan fingerprint density at radius 2 is 0.610 bits per heavy atom. The summed E-state index contributed by atoms with van der Waals surface area (Å²) in [5.74, 6) is 1.44. The van der Waals surface area contributed by atoms with Crippen LogP contribution in [0.25, 0.3) is 21.5 Å². The van der Waals surface area contributed by atoms with Crippen molar-refractivity contribution in [2.75, 3.05) is 40.6 Å². The fourth-order valence-corrected chi connectivity index (χ4v) is 10.8. The molecule has 0 unspecified atom stereocenters. The molecule has 2 N–H and O–H groups in total. The molecule has 0 spiro atoms. The second kappa shape index (κ2) is 23.1. The number of carbonyl (C=O) groups excluding carboxylic acids is 2. The van der Waals surface area contributed by atoms with Crippen LogP contribution >= 0.6 is 0 Å². The van der Waals surface area contributed by atoms with Gasteiger partial charge in [-0.05, 0) is 134 Å². The minimum Gasteiger partial charge on any atom is -0.507 e. The number of phenolic OH excluding ortho intramolecular Hbond substituents is 2. The molecule has 82 heavy (non-hydrogen) atoms. The Morgan fingerprint density at radius 1 is 0.366 bits per heavy atom. The molecule has 428 valence electrons. The third-order valence-electron chi connectivity index (χ3n) is 15.7. The summed E-state index contributed by atoms with van der Waals surface area (Å²) in [4.78, 5) is 26.2. The highest BCUT2D eigenvalue weighted by atomic mass is 16.5. The van der Waals surface area contributed by atoms with Crippen LogP contribution in [0.2, 0.25) is 0 Å². The van der Waals surface area contributed by atoms with Crippen LogP contribution in [0, 0.1) is 0 Å². The van der Waals surface area contributed by atoms with E-state index in [1.54, 1.807) is 12.1 Å². The number of benzene rings is 8. The first kappa shape index (κ1) is 58.7. The van der Waals surface area contributed by atoms with Gasteiger partial charge in [0.05, 0.1) is 14.2 Å². The van der Waals surface area contributed by atoms with Crippen LogP contribution in [0.5, 0.6) is 34.5 Å². The molecule has 0 saturated carbocycles. The lowest BCUT2D eigenvalue weighted by atomic mass is 9.79. The third-order valence-corrected chi connectivity index (χ3v) is 15.7. The third kappa shape index (κ3) is 12.9. The van der Waals surface area contributed by atoms with Gasteiger partial charge in [0.2, 0.25) is 0 Å². The number of aromatic hydroxyl groups is 2. The SMILES string of the molecule is COC(=O)c1cc2ccccc2cc1OCCOc1c2cc(C(C)(C)C)cc1Cc1cc(C(C)(C)C)cc(c1O)Cc1cc(C(C)(C)C)cc(c1OCCOc1cc3ccccc3cc1C(=O)OC)Cc1cc(C(C)(C)C)cc(c1O)C2. The number of rotatable bonds is 12. The molecule has 0 aliphatic heterocycles. The molecule has 9 rings (SSSR count). The number of carbonyl (C=O) groups is 2. The number of hydrogen-bond donors (Lipinski definition) is 2. The van der Waals surface area contributed by atoms with Crippen LogP contribution in [0.15, 0.2) is 121 Å². The number of hydrogen-bond acceptors (Lipinski definition) is 10. The standard InChI is InChI=1S/C72H80O10/c1-69(2,3)55-31-47-27-51-35-57(71(7,8)9)37-53(65(51)81-25-23-79-61-41-45-21-17-15-19-43(45)39-59(61)67(75)77-13)29-49-33-56(70(4,5)6)34-50(64(49)74)30-54-38-58(72(10,11)12)36-52(28-48(32-55)63(47)73)66(54)82-26-24-80-62-42-46-22-18-16-20-44(46)40-60(62)68(76)78-14/h15-22,31-42,73-74H,23-30H2,1-14H3. The van der Waals surface area contributed by atoms with E-state index >= 15 is 0 Å².